The van der Waals surface area contributed by atoms with Gasteiger partial charge < -0.3 is 16.0 Å². The predicted octanol–water partition coefficient (Wildman–Crippen LogP) is 3.49. The van der Waals surface area contributed by atoms with Crippen LogP contribution in [0.25, 0.3) is 28.1 Å². The summed E-state index contributed by atoms with van der Waals surface area (Å²) in [5.41, 5.74) is 17.0. The van der Waals surface area contributed by atoms with Crippen LogP contribution in [-0.4, -0.2) is 20.8 Å². The Bertz CT molecular complexity index is 1170. The van der Waals surface area contributed by atoms with Gasteiger partial charge in [-0.25, -0.2) is 4.68 Å². The van der Waals surface area contributed by atoms with E-state index in [0.29, 0.717) is 22.4 Å². The highest BCUT2D eigenvalue weighted by molar-refractivity contribution is 6.03. The van der Waals surface area contributed by atoms with Crippen molar-refractivity contribution in [1.29, 1.82) is 0 Å². The molecule has 0 fully saturated rings. The summed E-state index contributed by atoms with van der Waals surface area (Å²) >= 11 is 0. The number of carbonyl (C=O) groups excluding carboxylic acids is 1. The first kappa shape index (κ1) is 17.5. The molecule has 28 heavy (non-hydrogen) atoms. The number of hydrogen-bond acceptors (Lipinski definition) is 5. The highest BCUT2D eigenvalue weighted by Gasteiger charge is 2.26. The Morgan fingerprint density at radius 1 is 1.00 bits per heavy atom. The van der Waals surface area contributed by atoms with E-state index in [1.54, 1.807) is 18.2 Å². The lowest BCUT2D eigenvalue weighted by atomic mass is 9.95. The summed E-state index contributed by atoms with van der Waals surface area (Å²) in [6.45, 7) is 3.85. The van der Waals surface area contributed by atoms with E-state index < -0.39 is 5.91 Å². The molecule has 0 bridgehead atoms. The van der Waals surface area contributed by atoms with Crippen molar-refractivity contribution in [3.63, 3.8) is 0 Å². The van der Waals surface area contributed by atoms with Gasteiger partial charge in [0.25, 0.3) is 0 Å². The fourth-order valence-electron chi connectivity index (χ4n) is 3.46. The number of carbonyl (C=O) groups is 1. The molecular weight excluding hydrogens is 354 g/mol. The van der Waals surface area contributed by atoms with Crippen LogP contribution in [0.2, 0.25) is 0 Å². The highest BCUT2D eigenvalue weighted by Crippen LogP contribution is 2.40. The molecule has 2 heterocycles. The van der Waals surface area contributed by atoms with E-state index in [1.165, 1.54) is 0 Å². The topological polar surface area (TPSA) is 113 Å². The van der Waals surface area contributed by atoms with Gasteiger partial charge in [-0.1, -0.05) is 41.6 Å². The second-order valence-electron chi connectivity index (χ2n) is 6.47. The molecule has 0 saturated heterocycles. The molecule has 0 aliphatic carbocycles. The molecule has 4 rings (SSSR count). The zero-order valence-electron chi connectivity index (χ0n) is 15.5. The fraction of sp³-hybridized carbons (Fsp3) is 0.0952. The van der Waals surface area contributed by atoms with Crippen molar-refractivity contribution in [3.8, 4) is 28.1 Å². The molecule has 0 aliphatic rings. The summed E-state index contributed by atoms with van der Waals surface area (Å²) < 4.78 is 7.15. The molecule has 7 nitrogen and oxygen atoms in total. The van der Waals surface area contributed by atoms with Crippen molar-refractivity contribution >= 4 is 11.8 Å². The Morgan fingerprint density at radius 3 is 2.39 bits per heavy atom. The van der Waals surface area contributed by atoms with Gasteiger partial charge in [0, 0.05) is 16.7 Å². The quantitative estimate of drug-likeness (QED) is 0.568. The number of nitrogen functional groups attached to an aromatic ring is 1. The summed E-state index contributed by atoms with van der Waals surface area (Å²) in [5, 5.41) is 8.85. The van der Waals surface area contributed by atoms with Crippen molar-refractivity contribution in [3.05, 3.63) is 71.5 Å². The van der Waals surface area contributed by atoms with Crippen molar-refractivity contribution < 1.29 is 9.32 Å². The van der Waals surface area contributed by atoms with Gasteiger partial charge in [0.05, 0.1) is 22.6 Å². The lowest BCUT2D eigenvalue weighted by molar-refractivity contribution is 0.100. The van der Waals surface area contributed by atoms with E-state index in [0.717, 1.165) is 22.6 Å². The van der Waals surface area contributed by atoms with Gasteiger partial charge in [0.1, 0.15) is 5.69 Å². The molecule has 0 atom stereocenters. The van der Waals surface area contributed by atoms with E-state index in [2.05, 4.69) is 10.3 Å². The minimum atomic E-state index is -0.546. The summed E-state index contributed by atoms with van der Waals surface area (Å²) in [6, 6.07) is 16.8. The Labute approximate surface area is 161 Å². The Kier molecular flexibility index (Phi) is 4.19. The van der Waals surface area contributed by atoms with Crippen LogP contribution >= 0.6 is 0 Å². The monoisotopic (exact) mass is 373 g/mol. The number of nitrogens with zero attached hydrogens (tertiary/aromatic N) is 3. The van der Waals surface area contributed by atoms with Gasteiger partial charge in [0.2, 0.25) is 11.8 Å². The van der Waals surface area contributed by atoms with Gasteiger partial charge in [-0.2, -0.15) is 5.10 Å². The zero-order valence-corrected chi connectivity index (χ0v) is 15.5. The Morgan fingerprint density at radius 2 is 1.68 bits per heavy atom. The number of aromatic nitrogens is 3. The Balaban J connectivity index is 1.95. The van der Waals surface area contributed by atoms with Crippen molar-refractivity contribution in [2.45, 2.75) is 13.8 Å². The zero-order chi connectivity index (χ0) is 19.8. The minimum Gasteiger partial charge on any atom is -0.367 e. The molecule has 4 N–H and O–H groups in total. The third kappa shape index (κ3) is 2.73. The normalized spacial score (nSPS) is 10.9. The van der Waals surface area contributed by atoms with Crippen molar-refractivity contribution in [1.82, 2.24) is 14.9 Å². The van der Waals surface area contributed by atoms with Gasteiger partial charge in [-0.15, -0.1) is 0 Å². The number of amides is 1. The lowest BCUT2D eigenvalue weighted by Crippen LogP contribution is -2.12. The van der Waals surface area contributed by atoms with Crippen LogP contribution in [0.3, 0.4) is 0 Å². The molecule has 0 spiro atoms. The molecular formula is C21H19N5O2. The number of rotatable bonds is 4. The number of benzene rings is 2. The first-order chi connectivity index (χ1) is 13.5. The van der Waals surface area contributed by atoms with Crippen molar-refractivity contribution in [2.75, 3.05) is 5.73 Å². The van der Waals surface area contributed by atoms with E-state index in [-0.39, 0.29) is 5.88 Å². The van der Waals surface area contributed by atoms with E-state index in [4.69, 9.17) is 16.0 Å². The van der Waals surface area contributed by atoms with Crippen LogP contribution < -0.4 is 11.5 Å². The molecule has 2 aromatic heterocycles. The summed E-state index contributed by atoms with van der Waals surface area (Å²) in [7, 11) is 0. The number of nitrogens with two attached hydrogens (primary N) is 2. The Hall–Kier alpha value is -3.87. The summed E-state index contributed by atoms with van der Waals surface area (Å²) in [5.74, 6) is -0.425. The standard InChI is InChI=1S/C21H19N5O2/c1-12-17(13(2)26(24-12)14-8-4-3-5-9-14)19-18(21(23)28-25-19)15-10-6-7-11-16(15)20(22)27/h3-11H,23H2,1-2H3,(H2,22,27). The summed E-state index contributed by atoms with van der Waals surface area (Å²) in [6.07, 6.45) is 0. The largest absolute Gasteiger partial charge is 0.367 e. The minimum absolute atomic E-state index is 0.120. The summed E-state index contributed by atoms with van der Waals surface area (Å²) in [4.78, 5) is 11.9. The maximum absolute atomic E-state index is 11.9. The van der Waals surface area contributed by atoms with Crippen LogP contribution in [0.15, 0.2) is 59.1 Å². The number of anilines is 1. The average molecular weight is 373 g/mol. The van der Waals surface area contributed by atoms with Crippen LogP contribution in [-0.2, 0) is 0 Å². The molecule has 4 aromatic rings. The molecule has 1 amide bonds. The smallest absolute Gasteiger partial charge is 0.249 e. The molecule has 0 saturated carbocycles. The second kappa shape index (κ2) is 6.70. The first-order valence-electron chi connectivity index (χ1n) is 8.75. The maximum atomic E-state index is 11.9. The number of aryl methyl sites for hydroxylation is 1. The number of hydrogen-bond donors (Lipinski definition) is 2. The molecule has 0 radical (unpaired) electrons. The highest BCUT2D eigenvalue weighted by atomic mass is 16.5. The second-order valence-corrected chi connectivity index (χ2v) is 6.47. The predicted molar refractivity (Wildman–Crippen MR) is 107 cm³/mol. The third-order valence-corrected chi connectivity index (χ3v) is 4.71. The molecule has 140 valence electrons. The van der Waals surface area contributed by atoms with Crippen LogP contribution in [0.5, 0.6) is 0 Å². The number of primary amides is 1. The van der Waals surface area contributed by atoms with Gasteiger partial charge in [-0.3, -0.25) is 4.79 Å². The lowest BCUT2D eigenvalue weighted by Gasteiger charge is -2.08. The third-order valence-electron chi connectivity index (χ3n) is 4.71. The molecule has 0 aliphatic heterocycles. The van der Waals surface area contributed by atoms with Gasteiger partial charge >= 0.3 is 0 Å². The average Bonchev–Trinajstić information content (AvgIpc) is 3.21. The van der Waals surface area contributed by atoms with Crippen molar-refractivity contribution in [2.24, 2.45) is 5.73 Å². The molecule has 0 unspecified atom stereocenters. The molecule has 7 heteroatoms. The SMILES string of the molecule is Cc1nn(-c2ccccc2)c(C)c1-c1noc(N)c1-c1ccccc1C(N)=O. The van der Waals surface area contributed by atoms with E-state index in [1.807, 2.05) is 54.9 Å². The number of para-hydroxylation sites is 1. The van der Waals surface area contributed by atoms with Crippen LogP contribution in [0.1, 0.15) is 21.7 Å². The van der Waals surface area contributed by atoms with E-state index >= 15 is 0 Å². The van der Waals surface area contributed by atoms with Crippen LogP contribution in [0, 0.1) is 13.8 Å². The van der Waals surface area contributed by atoms with Crippen LogP contribution in [0.4, 0.5) is 5.88 Å². The van der Waals surface area contributed by atoms with E-state index in [9.17, 15) is 4.79 Å². The first-order valence-corrected chi connectivity index (χ1v) is 8.75. The van der Waals surface area contributed by atoms with Gasteiger partial charge in [0.15, 0.2) is 0 Å². The maximum Gasteiger partial charge on any atom is 0.249 e. The fourth-order valence-corrected chi connectivity index (χ4v) is 3.46. The van der Waals surface area contributed by atoms with Gasteiger partial charge in [-0.05, 0) is 32.0 Å². The molecule has 2 aromatic carbocycles.